The average molecular weight is 464 g/mol. The molecule has 4 N–H and O–H groups in total. The topological polar surface area (TPSA) is 128 Å². The largest absolute Gasteiger partial charge is 0.381 e. The van der Waals surface area contributed by atoms with E-state index in [0.29, 0.717) is 31.2 Å². The van der Waals surface area contributed by atoms with Gasteiger partial charge in [0.15, 0.2) is 5.78 Å². The Bertz CT molecular complexity index is 740. The van der Waals surface area contributed by atoms with E-state index >= 15 is 0 Å². The van der Waals surface area contributed by atoms with E-state index < -0.39 is 17.9 Å². The molecule has 0 aromatic rings. The molecule has 0 aromatic heterocycles. The van der Waals surface area contributed by atoms with Crippen LogP contribution >= 0.6 is 0 Å². The first kappa shape index (κ1) is 25.7. The molecule has 8 heteroatoms. The number of methoxy groups -OCH3 is 1. The first-order chi connectivity index (χ1) is 15.7. The summed E-state index contributed by atoms with van der Waals surface area (Å²) in [7, 11) is 1.75. The number of hydrogen-bond acceptors (Lipinski definition) is 5. The van der Waals surface area contributed by atoms with Crippen LogP contribution in [0.15, 0.2) is 0 Å². The molecule has 1 heterocycles. The summed E-state index contributed by atoms with van der Waals surface area (Å²) in [6, 6.07) is -0.641. The molecule has 3 amide bonds. The molecule has 0 aromatic carbocycles. The average Bonchev–Trinajstić information content (AvgIpc) is 3.38. The number of primary amides is 1. The number of fused-ring (bicyclic) bond motifs is 1. The van der Waals surface area contributed by atoms with E-state index in [1.807, 2.05) is 13.8 Å². The summed E-state index contributed by atoms with van der Waals surface area (Å²) in [6.45, 7) is 4.60. The van der Waals surface area contributed by atoms with Gasteiger partial charge in [0.1, 0.15) is 0 Å². The zero-order valence-corrected chi connectivity index (χ0v) is 20.3. The third-order valence-electron chi connectivity index (χ3n) is 7.96. The van der Waals surface area contributed by atoms with Crippen molar-refractivity contribution in [1.82, 2.24) is 10.6 Å². The minimum atomic E-state index is -0.699. The summed E-state index contributed by atoms with van der Waals surface area (Å²) in [4.78, 5) is 50.4. The molecular formula is C25H41N3O5. The number of ketones is 1. The number of nitrogens with one attached hydrogen (secondary N) is 2. The lowest BCUT2D eigenvalue weighted by molar-refractivity contribution is -0.133. The first-order valence-electron chi connectivity index (χ1n) is 12.6. The highest BCUT2D eigenvalue weighted by molar-refractivity contribution is 5.93. The fourth-order valence-electron chi connectivity index (χ4n) is 6.18. The van der Waals surface area contributed by atoms with Crippen molar-refractivity contribution in [2.75, 3.05) is 13.7 Å². The number of Topliss-reactive ketones (excluding diaryl/α,β-unsaturated/α-hetero) is 1. The molecule has 4 unspecified atom stereocenters. The summed E-state index contributed by atoms with van der Waals surface area (Å²) in [5.41, 5.74) is 5.58. The number of nitrogens with two attached hydrogens (primary N) is 1. The van der Waals surface area contributed by atoms with E-state index in [9.17, 15) is 19.2 Å². The molecule has 33 heavy (non-hydrogen) atoms. The van der Waals surface area contributed by atoms with E-state index in [1.54, 1.807) is 7.11 Å². The lowest BCUT2D eigenvalue weighted by Crippen LogP contribution is -2.45. The zero-order valence-electron chi connectivity index (χ0n) is 20.3. The van der Waals surface area contributed by atoms with Gasteiger partial charge in [0.05, 0.1) is 12.1 Å². The minimum absolute atomic E-state index is 0.0432. The molecule has 186 valence electrons. The highest BCUT2D eigenvalue weighted by Crippen LogP contribution is 2.46. The lowest BCUT2D eigenvalue weighted by atomic mass is 9.79. The molecule has 2 saturated carbocycles. The Morgan fingerprint density at radius 1 is 1.18 bits per heavy atom. The van der Waals surface area contributed by atoms with Gasteiger partial charge in [-0.15, -0.1) is 0 Å². The fraction of sp³-hybridized carbons (Fsp3) is 0.840. The summed E-state index contributed by atoms with van der Waals surface area (Å²) in [5, 5.41) is 5.78. The Balaban J connectivity index is 1.62. The lowest BCUT2D eigenvalue weighted by Gasteiger charge is -2.32. The van der Waals surface area contributed by atoms with Gasteiger partial charge in [-0.05, 0) is 62.7 Å². The van der Waals surface area contributed by atoms with Crippen molar-refractivity contribution in [3.63, 3.8) is 0 Å². The standard InChI is InChI=1S/C25H41N3O5/c1-14(2)9-20(21(29)13-17(23(26)30)11-16-7-8-27-24(16)31)28-25(32)18-10-15-5-4-6-22(33-3)19(15)12-18/h14-20,22H,4-13H2,1-3H3,(H2,26,30)(H,27,31)(H,28,32)/t15?,16-,17+,18?,19?,20-,22?/m0/s1. The number of amides is 3. The van der Waals surface area contributed by atoms with E-state index in [1.165, 1.54) is 0 Å². The predicted octanol–water partition coefficient (Wildman–Crippen LogP) is 1.95. The number of hydrogen-bond donors (Lipinski definition) is 3. The van der Waals surface area contributed by atoms with Crippen molar-refractivity contribution in [2.45, 2.75) is 83.8 Å². The van der Waals surface area contributed by atoms with Crippen LogP contribution in [-0.2, 0) is 23.9 Å². The van der Waals surface area contributed by atoms with Crippen LogP contribution in [0.2, 0.25) is 0 Å². The molecule has 0 bridgehead atoms. The summed E-state index contributed by atoms with van der Waals surface area (Å²) >= 11 is 0. The monoisotopic (exact) mass is 463 g/mol. The molecule has 2 aliphatic carbocycles. The van der Waals surface area contributed by atoms with Crippen LogP contribution in [0.1, 0.15) is 71.6 Å². The van der Waals surface area contributed by atoms with Crippen molar-refractivity contribution in [1.29, 1.82) is 0 Å². The van der Waals surface area contributed by atoms with Crippen LogP contribution in [-0.4, -0.2) is 49.3 Å². The van der Waals surface area contributed by atoms with Gasteiger partial charge in [0, 0.05) is 37.8 Å². The molecule has 0 radical (unpaired) electrons. The van der Waals surface area contributed by atoms with Crippen LogP contribution < -0.4 is 16.4 Å². The van der Waals surface area contributed by atoms with E-state index in [0.717, 1.165) is 32.1 Å². The minimum Gasteiger partial charge on any atom is -0.381 e. The summed E-state index contributed by atoms with van der Waals surface area (Å²) in [6.07, 6.45) is 6.59. The highest BCUT2D eigenvalue weighted by Gasteiger charge is 2.44. The molecular weight excluding hydrogens is 422 g/mol. The quantitative estimate of drug-likeness (QED) is 0.431. The molecule has 3 rings (SSSR count). The molecule has 0 spiro atoms. The van der Waals surface area contributed by atoms with Gasteiger partial charge < -0.3 is 21.1 Å². The van der Waals surface area contributed by atoms with E-state index in [4.69, 9.17) is 10.5 Å². The molecule has 7 atom stereocenters. The highest BCUT2D eigenvalue weighted by atomic mass is 16.5. The smallest absolute Gasteiger partial charge is 0.223 e. The Hall–Kier alpha value is -1.96. The first-order valence-corrected chi connectivity index (χ1v) is 12.6. The van der Waals surface area contributed by atoms with Gasteiger partial charge in [-0.3, -0.25) is 19.2 Å². The number of rotatable bonds is 11. The molecule has 1 aliphatic heterocycles. The zero-order chi connectivity index (χ0) is 24.1. The third-order valence-corrected chi connectivity index (χ3v) is 7.96. The Kier molecular flexibility index (Phi) is 8.90. The van der Waals surface area contributed by atoms with Gasteiger partial charge in [-0.2, -0.15) is 0 Å². The third kappa shape index (κ3) is 6.55. The maximum atomic E-state index is 13.2. The van der Waals surface area contributed by atoms with E-state index in [2.05, 4.69) is 10.6 Å². The van der Waals surface area contributed by atoms with E-state index in [-0.39, 0.29) is 54.3 Å². The number of ether oxygens (including phenoxy) is 1. The maximum Gasteiger partial charge on any atom is 0.223 e. The van der Waals surface area contributed by atoms with Crippen LogP contribution in [0.25, 0.3) is 0 Å². The van der Waals surface area contributed by atoms with Gasteiger partial charge in [-0.1, -0.05) is 20.3 Å². The van der Waals surface area contributed by atoms with Crippen LogP contribution in [0, 0.1) is 35.5 Å². The number of carbonyl (C=O) groups excluding carboxylic acids is 4. The van der Waals surface area contributed by atoms with Crippen molar-refractivity contribution in [3.05, 3.63) is 0 Å². The van der Waals surface area contributed by atoms with Crippen molar-refractivity contribution < 1.29 is 23.9 Å². The van der Waals surface area contributed by atoms with Crippen LogP contribution in [0.5, 0.6) is 0 Å². The Morgan fingerprint density at radius 2 is 1.94 bits per heavy atom. The van der Waals surface area contributed by atoms with Gasteiger partial charge in [-0.25, -0.2) is 0 Å². The van der Waals surface area contributed by atoms with Crippen molar-refractivity contribution in [2.24, 2.45) is 41.2 Å². The Labute approximate surface area is 197 Å². The van der Waals surface area contributed by atoms with Crippen LogP contribution in [0.4, 0.5) is 0 Å². The molecule has 1 saturated heterocycles. The predicted molar refractivity (Wildman–Crippen MR) is 124 cm³/mol. The maximum absolute atomic E-state index is 13.2. The second-order valence-corrected chi connectivity index (χ2v) is 10.8. The SMILES string of the molecule is COC1CCCC2CC(C(=O)N[C@@H](CC(C)C)C(=O)C[C@@H](C[C@@H]3CCNC3=O)C(N)=O)CC21. The van der Waals surface area contributed by atoms with Gasteiger partial charge >= 0.3 is 0 Å². The normalized spacial score (nSPS) is 31.0. The van der Waals surface area contributed by atoms with Gasteiger partial charge in [0.2, 0.25) is 17.7 Å². The number of carbonyl (C=O) groups is 4. The van der Waals surface area contributed by atoms with Crippen LogP contribution in [0.3, 0.4) is 0 Å². The second kappa shape index (κ2) is 11.4. The van der Waals surface area contributed by atoms with Gasteiger partial charge in [0.25, 0.3) is 0 Å². The summed E-state index contributed by atoms with van der Waals surface area (Å²) < 4.78 is 5.68. The van der Waals surface area contributed by atoms with Crippen molar-refractivity contribution in [3.8, 4) is 0 Å². The molecule has 3 aliphatic rings. The second-order valence-electron chi connectivity index (χ2n) is 10.8. The molecule has 3 fully saturated rings. The summed E-state index contributed by atoms with van der Waals surface area (Å²) in [5.74, 6) is -0.859. The molecule has 8 nitrogen and oxygen atoms in total. The Morgan fingerprint density at radius 3 is 2.55 bits per heavy atom. The fourth-order valence-corrected chi connectivity index (χ4v) is 6.18. The van der Waals surface area contributed by atoms with Crippen molar-refractivity contribution >= 4 is 23.5 Å².